The Morgan fingerprint density at radius 3 is 1.47 bits per heavy atom. The first-order valence-corrected chi connectivity index (χ1v) is 5.47. The van der Waals surface area contributed by atoms with E-state index < -0.39 is 38.4 Å². The zero-order valence-electron chi connectivity index (χ0n) is 8.32. The van der Waals surface area contributed by atoms with Crippen LogP contribution >= 0.6 is 8.58 Å². The van der Waals surface area contributed by atoms with Gasteiger partial charge in [0.1, 0.15) is 0 Å². The molecule has 0 saturated heterocycles. The quantitative estimate of drug-likeness (QED) is 0.517. The Balaban J connectivity index is 5.24. The Labute approximate surface area is 92.3 Å². The molecule has 0 aliphatic rings. The third kappa shape index (κ3) is 2.98. The summed E-state index contributed by atoms with van der Waals surface area (Å²) in [5, 5.41) is 0. The summed E-state index contributed by atoms with van der Waals surface area (Å²) in [7, 11) is -2.00. The van der Waals surface area contributed by atoms with E-state index in [0.717, 1.165) is 0 Å². The van der Waals surface area contributed by atoms with Gasteiger partial charge in [0, 0.05) is 0 Å². The summed E-state index contributed by atoms with van der Waals surface area (Å²) in [6.45, 7) is 1.31. The SMILES string of the molecule is CCCPC(F)(F)C(F)(F)C(F)(F)C(F)(F)F. The Bertz CT molecular complexity index is 257. The topological polar surface area (TPSA) is 0 Å². The fourth-order valence-corrected chi connectivity index (χ4v) is 1.71. The third-order valence-corrected chi connectivity index (χ3v) is 3.25. The predicted molar refractivity (Wildman–Crippen MR) is 44.4 cm³/mol. The van der Waals surface area contributed by atoms with Crippen LogP contribution in [-0.4, -0.2) is 29.8 Å². The lowest BCUT2D eigenvalue weighted by Crippen LogP contribution is -2.59. The number of hydrogen-bond acceptors (Lipinski definition) is 0. The van der Waals surface area contributed by atoms with Crippen LogP contribution < -0.4 is 0 Å². The molecule has 0 aromatic rings. The first-order chi connectivity index (χ1) is 7.31. The van der Waals surface area contributed by atoms with Crippen LogP contribution in [0.2, 0.25) is 0 Å². The lowest BCUT2D eigenvalue weighted by molar-refractivity contribution is -0.381. The van der Waals surface area contributed by atoms with Crippen LogP contribution in [0.1, 0.15) is 13.3 Å². The molecule has 10 heteroatoms. The Hall–Kier alpha value is -0.200. The van der Waals surface area contributed by atoms with Crippen molar-refractivity contribution in [3.8, 4) is 0 Å². The molecule has 0 amide bonds. The van der Waals surface area contributed by atoms with Gasteiger partial charge in [0.2, 0.25) is 0 Å². The van der Waals surface area contributed by atoms with Gasteiger partial charge in [-0.25, -0.2) is 0 Å². The minimum absolute atomic E-state index is 0.0261. The summed E-state index contributed by atoms with van der Waals surface area (Å²) in [5.74, 6) is -13.2. The number of rotatable bonds is 5. The van der Waals surface area contributed by atoms with Crippen molar-refractivity contribution >= 4 is 8.58 Å². The molecule has 0 spiro atoms. The highest BCUT2D eigenvalue weighted by Crippen LogP contribution is 2.58. The zero-order chi connectivity index (χ0) is 14.1. The average molecular weight is 294 g/mol. The van der Waals surface area contributed by atoms with Gasteiger partial charge in [-0.1, -0.05) is 13.3 Å². The molecule has 1 unspecified atom stereocenters. The summed E-state index contributed by atoms with van der Waals surface area (Å²) in [6, 6.07) is 0. The molecule has 104 valence electrons. The first-order valence-electron chi connectivity index (χ1n) is 4.26. The molecule has 0 aliphatic heterocycles. The minimum Gasteiger partial charge on any atom is -0.195 e. The lowest BCUT2D eigenvalue weighted by atomic mass is 10.1. The fraction of sp³-hybridized carbons (Fsp3) is 1.00. The number of halogens is 9. The van der Waals surface area contributed by atoms with Gasteiger partial charge in [0.25, 0.3) is 0 Å². The second-order valence-electron chi connectivity index (χ2n) is 3.15. The number of hydrogen-bond donors (Lipinski definition) is 0. The first kappa shape index (κ1) is 16.8. The van der Waals surface area contributed by atoms with Crippen LogP contribution in [-0.2, 0) is 0 Å². The van der Waals surface area contributed by atoms with Gasteiger partial charge in [-0.15, -0.1) is 0 Å². The Morgan fingerprint density at radius 2 is 1.18 bits per heavy atom. The van der Waals surface area contributed by atoms with Crippen molar-refractivity contribution in [2.24, 2.45) is 0 Å². The van der Waals surface area contributed by atoms with Crippen LogP contribution in [0.3, 0.4) is 0 Å². The molecule has 0 bridgehead atoms. The minimum atomic E-state index is -6.76. The lowest BCUT2D eigenvalue weighted by Gasteiger charge is -2.33. The van der Waals surface area contributed by atoms with Crippen molar-refractivity contribution < 1.29 is 39.5 Å². The molecule has 0 fully saturated rings. The van der Waals surface area contributed by atoms with E-state index in [0.29, 0.717) is 0 Å². The maximum atomic E-state index is 12.7. The normalized spacial score (nSPS) is 15.9. The van der Waals surface area contributed by atoms with Crippen LogP contribution in [0.15, 0.2) is 0 Å². The average Bonchev–Trinajstić information content (AvgIpc) is 2.12. The Morgan fingerprint density at radius 1 is 0.765 bits per heavy atom. The van der Waals surface area contributed by atoms with E-state index in [1.54, 1.807) is 0 Å². The molecule has 1 atom stereocenters. The van der Waals surface area contributed by atoms with Crippen LogP contribution in [0.4, 0.5) is 39.5 Å². The van der Waals surface area contributed by atoms with Gasteiger partial charge in [-0.05, 0) is 14.7 Å². The van der Waals surface area contributed by atoms with Gasteiger partial charge in [0.15, 0.2) is 0 Å². The van der Waals surface area contributed by atoms with Crippen molar-refractivity contribution in [2.75, 3.05) is 6.16 Å². The smallest absolute Gasteiger partial charge is 0.195 e. The second-order valence-corrected chi connectivity index (χ2v) is 4.63. The molecule has 17 heavy (non-hydrogen) atoms. The maximum Gasteiger partial charge on any atom is 0.460 e. The summed E-state index contributed by atoms with van der Waals surface area (Å²) in [6.07, 6.45) is -7.31. The molecular weight excluding hydrogens is 286 g/mol. The Kier molecular flexibility index (Phi) is 4.76. The highest BCUT2D eigenvalue weighted by molar-refractivity contribution is 7.39. The second kappa shape index (κ2) is 4.82. The molecular formula is C7H8F9P. The van der Waals surface area contributed by atoms with E-state index in [4.69, 9.17) is 0 Å². The summed E-state index contributed by atoms with van der Waals surface area (Å²) in [5.41, 5.74) is -5.39. The molecule has 0 aromatic heterocycles. The maximum absolute atomic E-state index is 12.7. The van der Waals surface area contributed by atoms with Crippen LogP contribution in [0.5, 0.6) is 0 Å². The fourth-order valence-electron chi connectivity index (χ4n) is 0.768. The molecule has 0 aromatic carbocycles. The number of alkyl halides is 9. The molecule has 0 radical (unpaired) electrons. The van der Waals surface area contributed by atoms with E-state index in [1.165, 1.54) is 6.92 Å². The van der Waals surface area contributed by atoms with Crippen molar-refractivity contribution in [3.63, 3.8) is 0 Å². The van der Waals surface area contributed by atoms with Crippen molar-refractivity contribution in [1.29, 1.82) is 0 Å². The van der Waals surface area contributed by atoms with E-state index in [9.17, 15) is 39.5 Å². The summed E-state index contributed by atoms with van der Waals surface area (Å²) in [4.78, 5) is 0. The van der Waals surface area contributed by atoms with E-state index in [-0.39, 0.29) is 6.42 Å². The largest absolute Gasteiger partial charge is 0.460 e. The van der Waals surface area contributed by atoms with Gasteiger partial charge >= 0.3 is 23.7 Å². The van der Waals surface area contributed by atoms with Crippen molar-refractivity contribution in [2.45, 2.75) is 37.0 Å². The van der Waals surface area contributed by atoms with Crippen LogP contribution in [0, 0.1) is 0 Å². The molecule has 0 aliphatic carbocycles. The molecule has 0 heterocycles. The summed E-state index contributed by atoms with van der Waals surface area (Å²) >= 11 is 0. The predicted octanol–water partition coefficient (Wildman–Crippen LogP) is 4.50. The van der Waals surface area contributed by atoms with E-state index in [2.05, 4.69) is 0 Å². The highest BCUT2D eigenvalue weighted by Gasteiger charge is 2.81. The zero-order valence-corrected chi connectivity index (χ0v) is 9.32. The van der Waals surface area contributed by atoms with Crippen molar-refractivity contribution in [3.05, 3.63) is 0 Å². The van der Waals surface area contributed by atoms with Gasteiger partial charge in [-0.2, -0.15) is 39.5 Å². The van der Waals surface area contributed by atoms with Gasteiger partial charge in [0.05, 0.1) is 0 Å². The standard InChI is InChI=1S/C7H8F9P/c1-2-3-17-7(15,16)5(10,11)4(8,9)6(12,13)14/h17H,2-3H2,1H3. The molecule has 0 saturated carbocycles. The van der Waals surface area contributed by atoms with Crippen LogP contribution in [0.25, 0.3) is 0 Å². The molecule has 0 rings (SSSR count). The van der Waals surface area contributed by atoms with Crippen molar-refractivity contribution in [1.82, 2.24) is 0 Å². The third-order valence-electron chi connectivity index (χ3n) is 1.74. The van der Waals surface area contributed by atoms with Gasteiger partial charge in [-0.3, -0.25) is 0 Å². The molecule has 0 N–H and O–H groups in total. The van der Waals surface area contributed by atoms with E-state index >= 15 is 0 Å². The monoisotopic (exact) mass is 294 g/mol. The summed E-state index contributed by atoms with van der Waals surface area (Å²) < 4.78 is 110. The van der Waals surface area contributed by atoms with Gasteiger partial charge < -0.3 is 0 Å². The molecule has 0 nitrogen and oxygen atoms in total. The highest BCUT2D eigenvalue weighted by atomic mass is 31.1. The van der Waals surface area contributed by atoms with E-state index in [1.807, 2.05) is 0 Å².